The lowest BCUT2D eigenvalue weighted by molar-refractivity contribution is 0.0898. The van der Waals surface area contributed by atoms with Crippen LogP contribution in [0.15, 0.2) is 36.4 Å². The van der Waals surface area contributed by atoms with E-state index in [0.29, 0.717) is 17.9 Å². The number of hydrogen-bond donors (Lipinski definition) is 0. The van der Waals surface area contributed by atoms with Gasteiger partial charge in [0.1, 0.15) is 0 Å². The van der Waals surface area contributed by atoms with Crippen LogP contribution >= 0.6 is 0 Å². The van der Waals surface area contributed by atoms with E-state index in [1.807, 2.05) is 6.08 Å². The van der Waals surface area contributed by atoms with Crippen molar-refractivity contribution in [1.29, 1.82) is 0 Å². The molecule has 2 rings (SSSR count). The Morgan fingerprint density at radius 2 is 2.43 bits per heavy atom. The van der Waals surface area contributed by atoms with E-state index in [0.717, 1.165) is 12.8 Å². The Labute approximate surface area is 82.4 Å². The largest absolute Gasteiger partial charge is 0.490 e. The van der Waals surface area contributed by atoms with E-state index in [-0.39, 0.29) is 5.78 Å². The summed E-state index contributed by atoms with van der Waals surface area (Å²) in [6, 6.07) is 3.49. The molecule has 0 amide bonds. The number of hydrogen-bond acceptors (Lipinski definition) is 3. The smallest absolute Gasteiger partial charge is 0.228 e. The van der Waals surface area contributed by atoms with E-state index < -0.39 is 0 Å². The second-order valence-electron chi connectivity index (χ2n) is 3.13. The van der Waals surface area contributed by atoms with Gasteiger partial charge < -0.3 is 4.74 Å². The van der Waals surface area contributed by atoms with Gasteiger partial charge in [-0.3, -0.25) is 9.78 Å². The Morgan fingerprint density at radius 3 is 3.07 bits per heavy atom. The normalized spacial score (nSPS) is 15.6. The van der Waals surface area contributed by atoms with Crippen molar-refractivity contribution in [2.24, 2.45) is 0 Å². The molecule has 2 heterocycles. The van der Waals surface area contributed by atoms with Gasteiger partial charge in [-0.25, -0.2) is 0 Å². The number of nitrogens with zero attached hydrogens (tertiary/aromatic N) is 1. The Morgan fingerprint density at radius 1 is 1.50 bits per heavy atom. The fraction of sp³-hybridized carbons (Fsp3) is 0.273. The molecule has 0 saturated heterocycles. The number of ether oxygens (including phenoxy) is 1. The highest BCUT2D eigenvalue weighted by molar-refractivity contribution is 6.07. The van der Waals surface area contributed by atoms with Crippen molar-refractivity contribution >= 4 is 5.78 Å². The fourth-order valence-electron chi connectivity index (χ4n) is 1.36. The number of aromatic nitrogens is 1. The number of rotatable bonds is 2. The molecule has 0 aliphatic carbocycles. The van der Waals surface area contributed by atoms with E-state index >= 15 is 0 Å². The summed E-state index contributed by atoms with van der Waals surface area (Å²) in [5.74, 6) is 0.391. The second kappa shape index (κ2) is 4.05. The quantitative estimate of drug-likeness (QED) is 0.667. The van der Waals surface area contributed by atoms with Crippen LogP contribution < -0.4 is 0 Å². The molecular weight excluding hydrogens is 178 g/mol. The predicted molar refractivity (Wildman–Crippen MR) is 51.8 cm³/mol. The van der Waals surface area contributed by atoms with Crippen molar-refractivity contribution in [3.63, 3.8) is 0 Å². The van der Waals surface area contributed by atoms with Crippen molar-refractivity contribution in [2.45, 2.75) is 12.8 Å². The molecule has 0 radical (unpaired) electrons. The van der Waals surface area contributed by atoms with Crippen molar-refractivity contribution in [1.82, 2.24) is 4.98 Å². The zero-order chi connectivity index (χ0) is 9.80. The molecule has 72 valence electrons. The van der Waals surface area contributed by atoms with E-state index in [1.54, 1.807) is 24.5 Å². The summed E-state index contributed by atoms with van der Waals surface area (Å²) >= 11 is 0. The molecule has 3 heteroatoms. The van der Waals surface area contributed by atoms with Gasteiger partial charge in [0.25, 0.3) is 0 Å². The Bertz CT molecular complexity index is 357. The van der Waals surface area contributed by atoms with Gasteiger partial charge in [-0.2, -0.15) is 0 Å². The third-order valence-corrected chi connectivity index (χ3v) is 2.08. The maximum atomic E-state index is 11.8. The maximum absolute atomic E-state index is 11.8. The topological polar surface area (TPSA) is 39.2 Å². The fourth-order valence-corrected chi connectivity index (χ4v) is 1.36. The standard InChI is InChI=1S/C11H11NO2/c13-11(9-4-3-6-12-8-9)10-5-1-2-7-14-10/h3-6,8H,1-2,7H2. The van der Waals surface area contributed by atoms with Crippen LogP contribution in [0.2, 0.25) is 0 Å². The molecule has 14 heavy (non-hydrogen) atoms. The van der Waals surface area contributed by atoms with Gasteiger partial charge in [0.2, 0.25) is 5.78 Å². The molecule has 3 nitrogen and oxygen atoms in total. The molecule has 1 aliphatic heterocycles. The molecule has 0 spiro atoms. The van der Waals surface area contributed by atoms with E-state index in [2.05, 4.69) is 4.98 Å². The molecule has 0 bridgehead atoms. The Balaban J connectivity index is 2.20. The summed E-state index contributed by atoms with van der Waals surface area (Å²) < 4.78 is 5.28. The second-order valence-corrected chi connectivity index (χ2v) is 3.13. The maximum Gasteiger partial charge on any atom is 0.228 e. The molecule has 0 aromatic carbocycles. The predicted octanol–water partition coefficient (Wildman–Crippen LogP) is 1.96. The lowest BCUT2D eigenvalue weighted by Gasteiger charge is -2.13. The van der Waals surface area contributed by atoms with Gasteiger partial charge in [-0.05, 0) is 31.1 Å². The SMILES string of the molecule is O=C(C1=CCCCO1)c1cccnc1. The summed E-state index contributed by atoms with van der Waals surface area (Å²) in [6.07, 6.45) is 6.96. The average Bonchev–Trinajstić information content (AvgIpc) is 2.30. The highest BCUT2D eigenvalue weighted by atomic mass is 16.5. The Hall–Kier alpha value is -1.64. The van der Waals surface area contributed by atoms with E-state index in [1.165, 1.54) is 0 Å². The van der Waals surface area contributed by atoms with E-state index in [4.69, 9.17) is 4.74 Å². The van der Waals surface area contributed by atoms with Crippen LogP contribution in [0.3, 0.4) is 0 Å². The molecule has 1 aromatic heterocycles. The lowest BCUT2D eigenvalue weighted by atomic mass is 10.1. The first-order chi connectivity index (χ1) is 6.88. The molecule has 0 unspecified atom stereocenters. The van der Waals surface area contributed by atoms with Crippen molar-refractivity contribution in [3.8, 4) is 0 Å². The van der Waals surface area contributed by atoms with Gasteiger partial charge in [-0.1, -0.05) is 0 Å². The van der Waals surface area contributed by atoms with Gasteiger partial charge in [-0.15, -0.1) is 0 Å². The lowest BCUT2D eigenvalue weighted by Crippen LogP contribution is -2.11. The first-order valence-corrected chi connectivity index (χ1v) is 4.65. The summed E-state index contributed by atoms with van der Waals surface area (Å²) in [7, 11) is 0. The van der Waals surface area contributed by atoms with Gasteiger partial charge in [0, 0.05) is 18.0 Å². The molecular formula is C11H11NO2. The molecule has 0 fully saturated rings. The minimum Gasteiger partial charge on any atom is -0.490 e. The number of carbonyl (C=O) groups is 1. The highest BCUT2D eigenvalue weighted by Crippen LogP contribution is 2.14. The highest BCUT2D eigenvalue weighted by Gasteiger charge is 2.15. The van der Waals surface area contributed by atoms with Crippen LogP contribution in [0.25, 0.3) is 0 Å². The number of Topliss-reactive ketones (excluding diaryl/α,β-unsaturated/α-hetero) is 1. The molecule has 1 aliphatic rings. The first-order valence-electron chi connectivity index (χ1n) is 4.65. The van der Waals surface area contributed by atoms with Crippen molar-refractivity contribution < 1.29 is 9.53 Å². The molecule has 0 saturated carbocycles. The minimum absolute atomic E-state index is 0.0715. The molecule has 0 atom stereocenters. The number of allylic oxidation sites excluding steroid dienone is 2. The van der Waals surface area contributed by atoms with Crippen LogP contribution in [0.5, 0.6) is 0 Å². The van der Waals surface area contributed by atoms with Crippen molar-refractivity contribution in [3.05, 3.63) is 41.9 Å². The van der Waals surface area contributed by atoms with Crippen LogP contribution in [-0.4, -0.2) is 17.4 Å². The number of pyridine rings is 1. The summed E-state index contributed by atoms with van der Waals surface area (Å²) in [5.41, 5.74) is 0.584. The molecule has 1 aromatic rings. The third-order valence-electron chi connectivity index (χ3n) is 2.08. The third kappa shape index (κ3) is 1.82. The van der Waals surface area contributed by atoms with E-state index in [9.17, 15) is 4.79 Å². The number of carbonyl (C=O) groups excluding carboxylic acids is 1. The average molecular weight is 189 g/mol. The number of ketones is 1. The minimum atomic E-state index is -0.0715. The summed E-state index contributed by atoms with van der Waals surface area (Å²) in [5, 5.41) is 0. The zero-order valence-electron chi connectivity index (χ0n) is 7.77. The monoisotopic (exact) mass is 189 g/mol. The van der Waals surface area contributed by atoms with Crippen LogP contribution in [-0.2, 0) is 4.74 Å². The summed E-state index contributed by atoms with van der Waals surface area (Å²) in [6.45, 7) is 0.637. The van der Waals surface area contributed by atoms with Crippen LogP contribution in [0.4, 0.5) is 0 Å². The zero-order valence-corrected chi connectivity index (χ0v) is 7.77. The first kappa shape index (κ1) is 8.94. The van der Waals surface area contributed by atoms with Crippen LogP contribution in [0, 0.1) is 0 Å². The van der Waals surface area contributed by atoms with Gasteiger partial charge in [0.15, 0.2) is 5.76 Å². The van der Waals surface area contributed by atoms with Gasteiger partial charge in [0.05, 0.1) is 6.61 Å². The Kier molecular flexibility index (Phi) is 2.58. The molecule has 0 N–H and O–H groups in total. The van der Waals surface area contributed by atoms with Crippen LogP contribution in [0.1, 0.15) is 23.2 Å². The summed E-state index contributed by atoms with van der Waals surface area (Å²) in [4.78, 5) is 15.7. The van der Waals surface area contributed by atoms with Gasteiger partial charge >= 0.3 is 0 Å². The van der Waals surface area contributed by atoms with Crippen molar-refractivity contribution in [2.75, 3.05) is 6.61 Å².